The molecule has 0 spiro atoms. The van der Waals surface area contributed by atoms with E-state index >= 15 is 0 Å². The number of aromatic amines is 1. The molecule has 0 fully saturated rings. The van der Waals surface area contributed by atoms with E-state index < -0.39 is 23.2 Å². The molecule has 0 radical (unpaired) electrons. The van der Waals surface area contributed by atoms with Gasteiger partial charge in [0, 0.05) is 10.9 Å². The summed E-state index contributed by atoms with van der Waals surface area (Å²) in [4.78, 5) is 38.4. The second-order valence-corrected chi connectivity index (χ2v) is 10.3. The van der Waals surface area contributed by atoms with Gasteiger partial charge in [0.2, 0.25) is 5.91 Å². The van der Waals surface area contributed by atoms with E-state index in [1.807, 2.05) is 24.3 Å². The molecule has 6 aromatic rings. The van der Waals surface area contributed by atoms with E-state index in [0.29, 0.717) is 21.6 Å². The monoisotopic (exact) mass is 551 g/mol. The van der Waals surface area contributed by atoms with E-state index in [1.54, 1.807) is 24.3 Å². The van der Waals surface area contributed by atoms with Crippen molar-refractivity contribution in [1.82, 2.24) is 19.5 Å². The third-order valence-electron chi connectivity index (χ3n) is 5.80. The number of nitrogens with one attached hydrogen (secondary N) is 2. The first-order valence-electron chi connectivity index (χ1n) is 11.3. The smallest absolute Gasteiger partial charge is 0.349 e. The molecule has 0 aliphatic heterocycles. The maximum Gasteiger partial charge on any atom is 0.416 e. The number of rotatable bonds is 5. The van der Waals surface area contributed by atoms with Crippen LogP contribution in [0.5, 0.6) is 0 Å². The van der Waals surface area contributed by atoms with Gasteiger partial charge in [0.05, 0.1) is 27.2 Å². The molecule has 3 heterocycles. The maximum absolute atomic E-state index is 13.6. The van der Waals surface area contributed by atoms with Crippen LogP contribution in [0.1, 0.15) is 5.56 Å². The summed E-state index contributed by atoms with van der Waals surface area (Å²) < 4.78 is 42.3. The first-order chi connectivity index (χ1) is 18.3. The normalized spacial score (nSPS) is 12.0. The Morgan fingerprint density at radius 2 is 1.82 bits per heavy atom. The highest BCUT2D eigenvalue weighted by molar-refractivity contribution is 7.99. The number of aromatic nitrogens is 4. The van der Waals surface area contributed by atoms with Crippen LogP contribution in [-0.2, 0) is 11.0 Å². The number of H-pyrrole nitrogens is 1. The molecule has 0 atom stereocenters. The number of alkyl halides is 3. The topological polar surface area (TPSA) is 92.7 Å². The Labute approximate surface area is 220 Å². The molecule has 190 valence electrons. The van der Waals surface area contributed by atoms with E-state index in [4.69, 9.17) is 0 Å². The molecule has 0 aliphatic rings. The maximum atomic E-state index is 13.6. The number of thiazole rings is 1. The fraction of sp³-hybridized carbons (Fsp3) is 0.0769. The van der Waals surface area contributed by atoms with E-state index in [2.05, 4.69) is 20.3 Å². The van der Waals surface area contributed by atoms with Crippen LogP contribution in [0.3, 0.4) is 0 Å². The van der Waals surface area contributed by atoms with Crippen LogP contribution in [0.4, 0.5) is 18.3 Å². The first kappa shape index (κ1) is 24.2. The summed E-state index contributed by atoms with van der Waals surface area (Å²) in [6.07, 6.45) is -4.59. The number of carbonyl (C=O) groups is 1. The Morgan fingerprint density at radius 3 is 2.63 bits per heavy atom. The Bertz CT molecular complexity index is 1880. The number of para-hydroxylation sites is 2. The minimum absolute atomic E-state index is 0.00744. The van der Waals surface area contributed by atoms with Gasteiger partial charge < -0.3 is 10.3 Å². The van der Waals surface area contributed by atoms with Crippen LogP contribution in [0.25, 0.3) is 37.8 Å². The number of halogens is 3. The van der Waals surface area contributed by atoms with Crippen molar-refractivity contribution in [2.24, 2.45) is 0 Å². The highest BCUT2D eigenvalue weighted by Crippen LogP contribution is 2.32. The second-order valence-electron chi connectivity index (χ2n) is 8.30. The molecule has 3 aromatic carbocycles. The predicted molar refractivity (Wildman–Crippen MR) is 143 cm³/mol. The van der Waals surface area contributed by atoms with Gasteiger partial charge in [0.15, 0.2) is 10.3 Å². The summed E-state index contributed by atoms with van der Waals surface area (Å²) >= 11 is 2.28. The van der Waals surface area contributed by atoms with Gasteiger partial charge in [0.25, 0.3) is 5.56 Å². The number of amides is 1. The van der Waals surface area contributed by atoms with Gasteiger partial charge in [-0.15, -0.1) is 0 Å². The summed E-state index contributed by atoms with van der Waals surface area (Å²) in [5.41, 5.74) is 0.480. The van der Waals surface area contributed by atoms with E-state index in [1.165, 1.54) is 23.5 Å². The molecule has 3 aromatic heterocycles. The van der Waals surface area contributed by atoms with E-state index in [0.717, 1.165) is 38.7 Å². The van der Waals surface area contributed by atoms with Crippen LogP contribution in [0.2, 0.25) is 0 Å². The average Bonchev–Trinajstić information content (AvgIpc) is 3.48. The molecule has 38 heavy (non-hydrogen) atoms. The highest BCUT2D eigenvalue weighted by Gasteiger charge is 2.31. The van der Waals surface area contributed by atoms with Gasteiger partial charge in [-0.2, -0.15) is 13.2 Å². The van der Waals surface area contributed by atoms with Gasteiger partial charge in [-0.3, -0.25) is 14.2 Å². The fourth-order valence-electron chi connectivity index (χ4n) is 4.10. The summed E-state index contributed by atoms with van der Waals surface area (Å²) in [5, 5.41) is 3.95. The van der Waals surface area contributed by atoms with Crippen LogP contribution >= 0.6 is 23.1 Å². The van der Waals surface area contributed by atoms with Crippen molar-refractivity contribution in [3.8, 4) is 5.69 Å². The average molecular weight is 552 g/mol. The lowest BCUT2D eigenvalue weighted by Gasteiger charge is -2.14. The highest BCUT2D eigenvalue weighted by atomic mass is 32.2. The number of nitrogens with zero attached hydrogens (tertiary/aromatic N) is 3. The SMILES string of the molecule is O=C(CSc1nc2c([nH]c3ccccc32)c(=O)n1-c1cccc(C(F)(F)F)c1)Nc1nc2ccccc2s1. The van der Waals surface area contributed by atoms with Crippen molar-refractivity contribution in [1.29, 1.82) is 0 Å². The van der Waals surface area contributed by atoms with E-state index in [9.17, 15) is 22.8 Å². The van der Waals surface area contributed by atoms with Crippen molar-refractivity contribution in [2.45, 2.75) is 11.3 Å². The quantitative estimate of drug-likeness (QED) is 0.196. The molecular formula is C26H16F3N5O2S2. The third kappa shape index (κ3) is 4.41. The lowest BCUT2D eigenvalue weighted by Crippen LogP contribution is -2.23. The first-order valence-corrected chi connectivity index (χ1v) is 13.1. The molecule has 1 amide bonds. The number of carbonyl (C=O) groups excluding carboxylic acids is 1. The number of benzene rings is 3. The number of thioether (sulfide) groups is 1. The molecule has 12 heteroatoms. The molecule has 0 saturated carbocycles. The number of anilines is 1. The minimum Gasteiger partial charge on any atom is -0.349 e. The van der Waals surface area contributed by atoms with Crippen LogP contribution < -0.4 is 10.9 Å². The van der Waals surface area contributed by atoms with Crippen molar-refractivity contribution >= 4 is 66.3 Å². The molecule has 2 N–H and O–H groups in total. The summed E-state index contributed by atoms with van der Waals surface area (Å²) in [5.74, 6) is -0.534. The molecular weight excluding hydrogens is 535 g/mol. The zero-order valence-corrected chi connectivity index (χ0v) is 20.9. The largest absolute Gasteiger partial charge is 0.416 e. The summed E-state index contributed by atoms with van der Waals surface area (Å²) in [6, 6.07) is 19.1. The number of hydrogen-bond donors (Lipinski definition) is 2. The van der Waals surface area contributed by atoms with Gasteiger partial charge in [0.1, 0.15) is 11.0 Å². The zero-order valence-electron chi connectivity index (χ0n) is 19.2. The third-order valence-corrected chi connectivity index (χ3v) is 7.69. The molecule has 0 saturated heterocycles. The Morgan fingerprint density at radius 1 is 1.03 bits per heavy atom. The lowest BCUT2D eigenvalue weighted by atomic mass is 10.2. The van der Waals surface area contributed by atoms with Gasteiger partial charge in [-0.1, -0.05) is 59.5 Å². The molecule has 7 nitrogen and oxygen atoms in total. The lowest BCUT2D eigenvalue weighted by molar-refractivity contribution is -0.137. The molecule has 0 bridgehead atoms. The Hall–Kier alpha value is -4.16. The minimum atomic E-state index is -4.59. The van der Waals surface area contributed by atoms with Crippen molar-refractivity contribution in [3.63, 3.8) is 0 Å². The van der Waals surface area contributed by atoms with Crippen molar-refractivity contribution < 1.29 is 18.0 Å². The zero-order chi connectivity index (χ0) is 26.4. The van der Waals surface area contributed by atoms with Gasteiger partial charge >= 0.3 is 6.18 Å². The van der Waals surface area contributed by atoms with Crippen molar-refractivity contribution in [2.75, 3.05) is 11.1 Å². The molecule has 6 rings (SSSR count). The fourth-order valence-corrected chi connectivity index (χ4v) is 5.79. The summed E-state index contributed by atoms with van der Waals surface area (Å²) in [6.45, 7) is 0. The summed E-state index contributed by atoms with van der Waals surface area (Å²) in [7, 11) is 0. The second kappa shape index (κ2) is 9.30. The van der Waals surface area contributed by atoms with Crippen LogP contribution in [0.15, 0.2) is 82.7 Å². The van der Waals surface area contributed by atoms with Crippen LogP contribution in [-0.4, -0.2) is 31.2 Å². The molecule has 0 aliphatic carbocycles. The van der Waals surface area contributed by atoms with Gasteiger partial charge in [-0.25, -0.2) is 9.97 Å². The van der Waals surface area contributed by atoms with E-state index in [-0.39, 0.29) is 22.1 Å². The molecule has 0 unspecified atom stereocenters. The Balaban J connectivity index is 1.40. The standard InChI is InChI=1S/C26H16F3N5O2S2/c27-26(28,29)14-6-5-7-15(12-14)34-23(36)22-21(16-8-1-2-9-17(16)30-22)33-25(34)37-13-20(35)32-24-31-18-10-3-4-11-19(18)38-24/h1-12,30H,13H2,(H,31,32,35). The predicted octanol–water partition coefficient (Wildman–Crippen LogP) is 6.23. The van der Waals surface area contributed by atoms with Crippen molar-refractivity contribution in [3.05, 3.63) is 88.7 Å². The van der Waals surface area contributed by atoms with Crippen LogP contribution in [0, 0.1) is 0 Å². The Kier molecular flexibility index (Phi) is 5.92. The number of hydrogen-bond acceptors (Lipinski definition) is 6. The van der Waals surface area contributed by atoms with Gasteiger partial charge in [-0.05, 0) is 36.4 Å². The number of fused-ring (bicyclic) bond motifs is 4.